The fraction of sp³-hybridized carbons (Fsp3) is 0.378. The summed E-state index contributed by atoms with van der Waals surface area (Å²) in [6, 6.07) is 51.9. The standard InChI is InChI=1S/C24H29N3O4.C23H26BrN3O3.C22H25N3O3.C21H23N3O3/c1-16-5-7-19-21(13-16)31-20-8-6-17(30-4)14-18(20)22(25-19)27-11-9-26(10-12-27)15-24(2,3)23(28)29;1-15-4-6-18-20(12-15)30-19-7-5-16(24)13-17(19)21(25-18)27-10-8-26(9-11-27)14-23(2,3)22(28)29;1-16-8-9-19-17(15-16)22(23-18-5-2-3-6-20(18)28-19)25-13-11-24(12-14-25)10-4-7-21(26)27;1-15-6-7-18-16(14-15)21(22-17-4-2-3-5-19(17)27-18)24-12-10-23(11-13-24)9-8-20(25)26/h5-8,13-14H,9-12,15H2,1-4H3,(H,28,29);4-7,12-13H,8-11,14H2,1-3H3,(H,28,29);2-3,5-6,8-9,15H,4,7,10-14H2,1H3,(H,26,27);2-7,14H,8-13H2,1H3,(H,25,26). The molecule has 608 valence electrons. The van der Waals surface area contributed by atoms with Crippen molar-refractivity contribution >= 4 is 85.9 Å². The number of benzene rings is 8. The monoisotopic (exact) mass is 1640 g/mol. The third kappa shape index (κ3) is 20.5. The minimum absolute atomic E-state index is 0.185. The van der Waals surface area contributed by atoms with Gasteiger partial charge in [-0.2, -0.15) is 0 Å². The first-order valence-corrected chi connectivity index (χ1v) is 40.4. The van der Waals surface area contributed by atoms with Gasteiger partial charge in [-0.1, -0.05) is 75.6 Å². The molecule has 0 amide bonds. The van der Waals surface area contributed by atoms with Crippen LogP contribution in [-0.4, -0.2) is 245 Å². The summed E-state index contributed by atoms with van der Waals surface area (Å²) in [6.45, 7) is 30.8. The Balaban J connectivity index is 0.000000135. The van der Waals surface area contributed by atoms with Crippen LogP contribution in [0.2, 0.25) is 0 Å². The number of para-hydroxylation sites is 4. The molecule has 4 fully saturated rings. The molecule has 0 aliphatic carbocycles. The predicted octanol–water partition coefficient (Wildman–Crippen LogP) is 15.5. The van der Waals surface area contributed by atoms with Crippen molar-refractivity contribution in [1.82, 2.24) is 39.2 Å². The first-order valence-electron chi connectivity index (χ1n) is 39.7. The molecule has 8 aliphatic rings. The Bertz CT molecular complexity index is 5070. The molecular formula is C90H103BrN12O13. The molecule has 8 aromatic carbocycles. The lowest BCUT2D eigenvalue weighted by Crippen LogP contribution is -2.52. The number of carboxylic acid groups (broad SMARTS) is 4. The van der Waals surface area contributed by atoms with Gasteiger partial charge in [-0.05, 0) is 189 Å². The highest BCUT2D eigenvalue weighted by atomic mass is 79.9. The minimum Gasteiger partial charge on any atom is -0.497 e. The van der Waals surface area contributed by atoms with E-state index < -0.39 is 34.7 Å². The van der Waals surface area contributed by atoms with Gasteiger partial charge in [0.15, 0.2) is 23.0 Å². The molecule has 4 saturated heterocycles. The maximum atomic E-state index is 11.5. The second kappa shape index (κ2) is 36.8. The molecule has 0 radical (unpaired) electrons. The summed E-state index contributed by atoms with van der Waals surface area (Å²) in [4.78, 5) is 82.5. The zero-order valence-electron chi connectivity index (χ0n) is 67.5. The number of nitrogens with zero attached hydrogens (tertiary/aromatic N) is 12. The number of carboxylic acids is 4. The maximum Gasteiger partial charge on any atom is 0.310 e. The third-order valence-corrected chi connectivity index (χ3v) is 22.2. The highest BCUT2D eigenvalue weighted by Crippen LogP contribution is 2.44. The number of halogens is 1. The molecule has 0 bridgehead atoms. The molecule has 0 unspecified atom stereocenters. The van der Waals surface area contributed by atoms with E-state index in [9.17, 15) is 29.4 Å². The van der Waals surface area contributed by atoms with Gasteiger partial charge in [0.2, 0.25) is 0 Å². The van der Waals surface area contributed by atoms with Crippen LogP contribution in [0.1, 0.15) is 91.5 Å². The topological polar surface area (TPSA) is 271 Å². The number of piperazine rings is 4. The Morgan fingerprint density at radius 3 is 1.09 bits per heavy atom. The van der Waals surface area contributed by atoms with Crippen LogP contribution in [-0.2, 0) is 19.2 Å². The number of ether oxygens (including phenoxy) is 5. The average molecular weight is 1640 g/mol. The lowest BCUT2D eigenvalue weighted by atomic mass is 9.93. The van der Waals surface area contributed by atoms with Gasteiger partial charge in [0.25, 0.3) is 0 Å². The van der Waals surface area contributed by atoms with Gasteiger partial charge in [0, 0.05) is 135 Å². The van der Waals surface area contributed by atoms with Crippen molar-refractivity contribution in [1.29, 1.82) is 0 Å². The van der Waals surface area contributed by atoms with Crippen molar-refractivity contribution in [3.05, 3.63) is 207 Å². The number of hydrogen-bond donors (Lipinski definition) is 4. The van der Waals surface area contributed by atoms with E-state index in [-0.39, 0.29) is 12.8 Å². The van der Waals surface area contributed by atoms with E-state index in [2.05, 4.69) is 87.2 Å². The van der Waals surface area contributed by atoms with E-state index >= 15 is 0 Å². The van der Waals surface area contributed by atoms with E-state index in [0.717, 1.165) is 253 Å². The van der Waals surface area contributed by atoms with Crippen molar-refractivity contribution in [3.8, 4) is 51.7 Å². The van der Waals surface area contributed by atoms with Gasteiger partial charge in [-0.3, -0.25) is 38.8 Å². The van der Waals surface area contributed by atoms with Gasteiger partial charge < -0.3 is 63.7 Å². The molecule has 8 heterocycles. The largest absolute Gasteiger partial charge is 0.497 e. The smallest absolute Gasteiger partial charge is 0.310 e. The summed E-state index contributed by atoms with van der Waals surface area (Å²) < 4.78 is 31.2. The summed E-state index contributed by atoms with van der Waals surface area (Å²) in [6.07, 6.45) is 1.11. The Morgan fingerprint density at radius 1 is 0.371 bits per heavy atom. The van der Waals surface area contributed by atoms with Crippen molar-refractivity contribution in [3.63, 3.8) is 0 Å². The van der Waals surface area contributed by atoms with E-state index in [1.165, 1.54) is 5.56 Å². The number of amidine groups is 4. The van der Waals surface area contributed by atoms with Crippen LogP contribution in [0.15, 0.2) is 182 Å². The van der Waals surface area contributed by atoms with Crippen molar-refractivity contribution < 1.29 is 63.3 Å². The molecule has 0 spiro atoms. The molecule has 4 N–H and O–H groups in total. The molecule has 0 atom stereocenters. The molecule has 8 aromatic rings. The molecule has 0 aromatic heterocycles. The predicted molar refractivity (Wildman–Crippen MR) is 454 cm³/mol. The second-order valence-electron chi connectivity index (χ2n) is 31.7. The molecule has 0 saturated carbocycles. The molecule has 16 rings (SSSR count). The van der Waals surface area contributed by atoms with Crippen LogP contribution in [0.3, 0.4) is 0 Å². The highest BCUT2D eigenvalue weighted by Gasteiger charge is 2.36. The minimum atomic E-state index is -0.771. The van der Waals surface area contributed by atoms with Crippen LogP contribution in [0.4, 0.5) is 22.7 Å². The number of hydrogen-bond acceptors (Lipinski definition) is 21. The van der Waals surface area contributed by atoms with Gasteiger partial charge in [0.1, 0.15) is 74.8 Å². The van der Waals surface area contributed by atoms with Gasteiger partial charge in [-0.25, -0.2) is 20.0 Å². The van der Waals surface area contributed by atoms with Crippen molar-refractivity contribution in [2.75, 3.05) is 138 Å². The molecular weight excluding hydrogens is 1540 g/mol. The number of fused-ring (bicyclic) bond motifs is 8. The first kappa shape index (κ1) is 82.8. The number of carbonyl (C=O) groups is 4. The summed E-state index contributed by atoms with van der Waals surface area (Å²) in [5.41, 5.74) is 10.2. The average Bonchev–Trinajstić information content (AvgIpc) is 1.64. The zero-order chi connectivity index (χ0) is 82.0. The number of aliphatic carboxylic acids is 4. The SMILES string of the molecule is COc1ccc2c(c1)C(N1CCN(CC(C)(C)C(=O)O)CC1)=Nc1ccc(C)cc1O2.Cc1ccc2c(c1)C(N1CCN(CCC(=O)O)CC1)=Nc1ccccc1O2.Cc1ccc2c(c1)C(N1CCN(CCCC(=O)O)CC1)=Nc1ccccc1O2.Cc1ccc2c(c1)Oc1ccc(Br)cc1C(N1CCN(CC(C)(C)C(=O)O)CC1)=N2. The Morgan fingerprint density at radius 2 is 0.698 bits per heavy atom. The first-order chi connectivity index (χ1) is 55.7. The number of aryl methyl sites for hydroxylation is 4. The lowest BCUT2D eigenvalue weighted by Gasteiger charge is -2.39. The Kier molecular flexibility index (Phi) is 26.2. The van der Waals surface area contributed by atoms with Crippen molar-refractivity contribution in [2.45, 2.75) is 74.7 Å². The fourth-order valence-corrected chi connectivity index (χ4v) is 15.4. The summed E-state index contributed by atoms with van der Waals surface area (Å²) in [7, 11) is 1.65. The summed E-state index contributed by atoms with van der Waals surface area (Å²) in [5, 5.41) is 36.6. The van der Waals surface area contributed by atoms with Crippen molar-refractivity contribution in [2.24, 2.45) is 30.8 Å². The zero-order valence-corrected chi connectivity index (χ0v) is 69.1. The normalized spacial score (nSPS) is 16.6. The Hall–Kier alpha value is -11.2. The van der Waals surface area contributed by atoms with Gasteiger partial charge >= 0.3 is 23.9 Å². The van der Waals surface area contributed by atoms with Gasteiger partial charge in [0.05, 0.1) is 46.6 Å². The van der Waals surface area contributed by atoms with E-state index in [1.807, 2.05) is 153 Å². The third-order valence-electron chi connectivity index (χ3n) is 21.7. The van der Waals surface area contributed by atoms with Crippen LogP contribution in [0.25, 0.3) is 0 Å². The molecule has 116 heavy (non-hydrogen) atoms. The van der Waals surface area contributed by atoms with E-state index in [4.69, 9.17) is 53.9 Å². The maximum absolute atomic E-state index is 11.5. The molecule has 26 heteroatoms. The molecule has 25 nitrogen and oxygen atoms in total. The highest BCUT2D eigenvalue weighted by molar-refractivity contribution is 9.10. The van der Waals surface area contributed by atoms with Crippen LogP contribution < -0.4 is 23.7 Å². The summed E-state index contributed by atoms with van der Waals surface area (Å²) in [5.74, 6) is 7.59. The summed E-state index contributed by atoms with van der Waals surface area (Å²) >= 11 is 3.58. The Labute approximate surface area is 686 Å². The van der Waals surface area contributed by atoms with Crippen LogP contribution in [0.5, 0.6) is 51.7 Å². The van der Waals surface area contributed by atoms with E-state index in [0.29, 0.717) is 26.1 Å². The van der Waals surface area contributed by atoms with E-state index in [1.54, 1.807) is 34.8 Å². The lowest BCUT2D eigenvalue weighted by molar-refractivity contribution is -0.149. The molecule has 8 aliphatic heterocycles. The van der Waals surface area contributed by atoms with Crippen LogP contribution >= 0.6 is 15.9 Å². The number of methoxy groups -OCH3 is 1. The quantitative estimate of drug-likeness (QED) is 0.0788. The van der Waals surface area contributed by atoms with Gasteiger partial charge in [-0.15, -0.1) is 0 Å². The fourth-order valence-electron chi connectivity index (χ4n) is 15.0. The number of aliphatic imine (C=N–C) groups is 4. The second-order valence-corrected chi connectivity index (χ2v) is 32.6. The van der Waals surface area contributed by atoms with Crippen LogP contribution in [0, 0.1) is 38.5 Å². The number of rotatable bonds is 14.